The quantitative estimate of drug-likeness (QED) is 0.722. The van der Waals surface area contributed by atoms with Crippen LogP contribution in [0, 0.1) is 6.92 Å². The molecule has 24 heavy (non-hydrogen) atoms. The maximum atomic E-state index is 12.0. The lowest BCUT2D eigenvalue weighted by Gasteiger charge is -2.04. The predicted octanol–water partition coefficient (Wildman–Crippen LogP) is 3.45. The molecule has 0 atom stereocenters. The fraction of sp³-hybridized carbons (Fsp3) is 0.167. The van der Waals surface area contributed by atoms with Gasteiger partial charge >= 0.3 is 0 Å². The molecule has 122 valence electrons. The number of carbonyl (C=O) groups is 1. The molecule has 0 saturated heterocycles. The highest BCUT2D eigenvalue weighted by Crippen LogP contribution is 2.20. The monoisotopic (exact) mass is 338 g/mol. The molecule has 0 unspecified atom stereocenters. The number of nitrogens with zero attached hydrogens (tertiary/aromatic N) is 2. The summed E-state index contributed by atoms with van der Waals surface area (Å²) in [6.45, 7) is 2.47. The molecule has 0 spiro atoms. The third-order valence-corrected chi connectivity index (χ3v) is 4.16. The van der Waals surface area contributed by atoms with Crippen molar-refractivity contribution >= 4 is 28.2 Å². The summed E-state index contributed by atoms with van der Waals surface area (Å²) in [5, 5.41) is 8.69. The van der Waals surface area contributed by atoms with E-state index in [-0.39, 0.29) is 12.3 Å². The first-order chi connectivity index (χ1) is 11.7. The lowest BCUT2D eigenvalue weighted by Crippen LogP contribution is -2.24. The highest BCUT2D eigenvalue weighted by molar-refractivity contribution is 7.13. The molecule has 1 aromatic carbocycles. The average molecular weight is 338 g/mol. The van der Waals surface area contributed by atoms with Crippen molar-refractivity contribution in [3.63, 3.8) is 0 Å². The summed E-state index contributed by atoms with van der Waals surface area (Å²) in [7, 11) is 0. The molecule has 0 aliphatic heterocycles. The molecular weight excluding hydrogens is 320 g/mol. The number of carbonyl (C=O) groups excluding carboxylic acids is 1. The van der Waals surface area contributed by atoms with Crippen molar-refractivity contribution < 1.29 is 4.79 Å². The Labute approximate surface area is 144 Å². The largest absolute Gasteiger partial charge is 0.352 e. The molecule has 3 rings (SSSR count). The lowest BCUT2D eigenvalue weighted by atomic mass is 10.2. The Bertz CT molecular complexity index is 817. The van der Waals surface area contributed by atoms with Crippen molar-refractivity contribution in [1.29, 1.82) is 0 Å². The second-order valence-corrected chi connectivity index (χ2v) is 6.23. The summed E-state index contributed by atoms with van der Waals surface area (Å²) in [6.07, 6.45) is 0.270. The smallest absolute Gasteiger partial charge is 0.226 e. The van der Waals surface area contributed by atoms with Gasteiger partial charge in [0.1, 0.15) is 5.82 Å². The molecule has 2 aromatic heterocycles. The second kappa shape index (κ2) is 7.70. The minimum atomic E-state index is -0.0376. The Morgan fingerprint density at radius 1 is 1.08 bits per heavy atom. The van der Waals surface area contributed by atoms with Crippen LogP contribution in [0.2, 0.25) is 0 Å². The molecular formula is C18H18N4OS. The zero-order valence-corrected chi connectivity index (χ0v) is 14.1. The summed E-state index contributed by atoms with van der Waals surface area (Å²) < 4.78 is 0. The van der Waals surface area contributed by atoms with Crippen LogP contribution in [0.4, 0.5) is 10.9 Å². The topological polar surface area (TPSA) is 66.9 Å². The maximum Gasteiger partial charge on any atom is 0.226 e. The average Bonchev–Trinajstić information content (AvgIpc) is 3.01. The fourth-order valence-electron chi connectivity index (χ4n) is 2.19. The predicted molar refractivity (Wildman–Crippen MR) is 96.4 cm³/mol. The number of pyridine rings is 1. The van der Waals surface area contributed by atoms with Crippen LogP contribution in [0.1, 0.15) is 17.0 Å². The molecule has 6 heteroatoms. The molecule has 0 aliphatic carbocycles. The number of amides is 1. The number of hydrogen-bond acceptors (Lipinski definition) is 5. The molecule has 0 radical (unpaired) electrons. The van der Waals surface area contributed by atoms with Crippen LogP contribution < -0.4 is 10.6 Å². The first-order valence-corrected chi connectivity index (χ1v) is 8.53. The molecule has 2 heterocycles. The summed E-state index contributed by atoms with van der Waals surface area (Å²) >= 11 is 1.46. The zero-order chi connectivity index (χ0) is 16.8. The van der Waals surface area contributed by atoms with E-state index in [4.69, 9.17) is 0 Å². The number of aryl methyl sites for hydroxylation is 1. The Kier molecular flexibility index (Phi) is 5.18. The second-order valence-electron chi connectivity index (χ2n) is 5.37. The van der Waals surface area contributed by atoms with Crippen molar-refractivity contribution in [2.24, 2.45) is 0 Å². The van der Waals surface area contributed by atoms with Crippen molar-refractivity contribution in [2.45, 2.75) is 19.9 Å². The Morgan fingerprint density at radius 3 is 2.71 bits per heavy atom. The van der Waals surface area contributed by atoms with E-state index in [0.717, 1.165) is 27.9 Å². The van der Waals surface area contributed by atoms with Crippen molar-refractivity contribution in [2.75, 3.05) is 5.32 Å². The van der Waals surface area contributed by atoms with Crippen LogP contribution >= 0.6 is 11.3 Å². The van der Waals surface area contributed by atoms with Crippen LogP contribution in [-0.4, -0.2) is 15.9 Å². The minimum Gasteiger partial charge on any atom is -0.352 e. The number of nitrogens with one attached hydrogen (secondary N) is 2. The van der Waals surface area contributed by atoms with Gasteiger partial charge in [-0.25, -0.2) is 9.97 Å². The molecule has 0 aliphatic rings. The highest BCUT2D eigenvalue weighted by Gasteiger charge is 2.08. The first-order valence-electron chi connectivity index (χ1n) is 7.65. The van der Waals surface area contributed by atoms with Gasteiger partial charge < -0.3 is 10.6 Å². The minimum absolute atomic E-state index is 0.0376. The first kappa shape index (κ1) is 16.1. The summed E-state index contributed by atoms with van der Waals surface area (Å²) in [4.78, 5) is 20.8. The summed E-state index contributed by atoms with van der Waals surface area (Å²) in [6, 6.07) is 15.6. The Hall–Kier alpha value is -2.73. The van der Waals surface area contributed by atoms with E-state index in [1.807, 2.05) is 60.8 Å². The molecule has 5 nitrogen and oxygen atoms in total. The number of thiazole rings is 1. The van der Waals surface area contributed by atoms with Crippen LogP contribution in [0.3, 0.4) is 0 Å². The van der Waals surface area contributed by atoms with Crippen LogP contribution in [0.5, 0.6) is 0 Å². The lowest BCUT2D eigenvalue weighted by molar-refractivity contribution is -0.120. The van der Waals surface area contributed by atoms with E-state index < -0.39 is 0 Å². The fourth-order valence-corrected chi connectivity index (χ4v) is 2.91. The van der Waals surface area contributed by atoms with Crippen molar-refractivity contribution in [3.05, 3.63) is 70.9 Å². The van der Waals surface area contributed by atoms with Gasteiger partial charge in [-0.05, 0) is 24.6 Å². The number of rotatable bonds is 6. The summed E-state index contributed by atoms with van der Waals surface area (Å²) in [5.74, 6) is 0.716. The Balaban J connectivity index is 1.53. The van der Waals surface area contributed by atoms with E-state index in [9.17, 15) is 4.79 Å². The molecule has 0 bridgehead atoms. The van der Waals surface area contributed by atoms with Gasteiger partial charge in [-0.3, -0.25) is 4.79 Å². The third-order valence-electron chi connectivity index (χ3n) is 3.35. The zero-order valence-electron chi connectivity index (χ0n) is 13.3. The van der Waals surface area contributed by atoms with E-state index >= 15 is 0 Å². The van der Waals surface area contributed by atoms with E-state index in [0.29, 0.717) is 6.54 Å². The molecule has 2 N–H and O–H groups in total. The highest BCUT2D eigenvalue weighted by atomic mass is 32.1. The van der Waals surface area contributed by atoms with E-state index in [2.05, 4.69) is 20.6 Å². The number of aromatic nitrogens is 2. The molecule has 0 saturated carbocycles. The number of anilines is 2. The SMILES string of the molecule is Cc1cccc(Nc2nc(CC(=O)NCc3ccccc3)cs2)n1. The van der Waals surface area contributed by atoms with Gasteiger partial charge in [-0.1, -0.05) is 36.4 Å². The molecule has 1 amide bonds. The normalized spacial score (nSPS) is 10.4. The van der Waals surface area contributed by atoms with Crippen molar-refractivity contribution in [1.82, 2.24) is 15.3 Å². The molecule has 3 aromatic rings. The maximum absolute atomic E-state index is 12.0. The van der Waals surface area contributed by atoms with Gasteiger partial charge in [0.05, 0.1) is 12.1 Å². The Morgan fingerprint density at radius 2 is 1.92 bits per heavy atom. The number of hydrogen-bond donors (Lipinski definition) is 2. The van der Waals surface area contributed by atoms with E-state index in [1.165, 1.54) is 11.3 Å². The molecule has 0 fully saturated rings. The van der Waals surface area contributed by atoms with E-state index in [1.54, 1.807) is 0 Å². The third kappa shape index (κ3) is 4.63. The van der Waals surface area contributed by atoms with Gasteiger partial charge in [-0.2, -0.15) is 0 Å². The van der Waals surface area contributed by atoms with Gasteiger partial charge in [0, 0.05) is 17.6 Å². The number of benzene rings is 1. The summed E-state index contributed by atoms with van der Waals surface area (Å²) in [5.41, 5.74) is 2.77. The van der Waals surface area contributed by atoms with Crippen LogP contribution in [-0.2, 0) is 17.8 Å². The standard InChI is InChI=1S/C18H18N4OS/c1-13-6-5-9-16(20-13)22-18-21-15(12-24-18)10-17(23)19-11-14-7-3-2-4-8-14/h2-9,12H,10-11H2,1H3,(H,19,23)(H,20,21,22). The van der Waals surface area contributed by atoms with Crippen molar-refractivity contribution in [3.8, 4) is 0 Å². The van der Waals surface area contributed by atoms with Crippen LogP contribution in [0.25, 0.3) is 0 Å². The van der Waals surface area contributed by atoms with Gasteiger partial charge in [-0.15, -0.1) is 11.3 Å². The van der Waals surface area contributed by atoms with Gasteiger partial charge in [0.2, 0.25) is 5.91 Å². The van der Waals surface area contributed by atoms with Gasteiger partial charge in [0.15, 0.2) is 5.13 Å². The van der Waals surface area contributed by atoms with Gasteiger partial charge in [0.25, 0.3) is 0 Å². The van der Waals surface area contributed by atoms with Crippen LogP contribution in [0.15, 0.2) is 53.9 Å².